The first-order valence-electron chi connectivity index (χ1n) is 8.13. The Labute approximate surface area is 146 Å². The SMILES string of the molecule is CCC(C)NC(=O)CCCn1nc(-c2ccc(Cl)cc2)ccc1=O. The summed E-state index contributed by atoms with van der Waals surface area (Å²) in [6.45, 7) is 4.41. The van der Waals surface area contributed by atoms with Crippen LogP contribution in [0.5, 0.6) is 0 Å². The predicted octanol–water partition coefficient (Wildman–Crippen LogP) is 3.26. The van der Waals surface area contributed by atoms with E-state index in [1.54, 1.807) is 18.2 Å². The van der Waals surface area contributed by atoms with Crippen LogP contribution < -0.4 is 10.9 Å². The second kappa shape index (κ2) is 8.64. The molecule has 1 aromatic carbocycles. The molecular formula is C18H22ClN3O2. The van der Waals surface area contributed by atoms with E-state index in [2.05, 4.69) is 10.4 Å². The van der Waals surface area contributed by atoms with E-state index < -0.39 is 0 Å². The molecular weight excluding hydrogens is 326 g/mol. The summed E-state index contributed by atoms with van der Waals surface area (Å²) >= 11 is 5.89. The van der Waals surface area contributed by atoms with Crippen molar-refractivity contribution in [1.82, 2.24) is 15.1 Å². The van der Waals surface area contributed by atoms with Crippen LogP contribution in [0.3, 0.4) is 0 Å². The minimum Gasteiger partial charge on any atom is -0.354 e. The van der Waals surface area contributed by atoms with Crippen LogP contribution >= 0.6 is 11.6 Å². The molecule has 2 aromatic rings. The topological polar surface area (TPSA) is 64.0 Å². The normalized spacial score (nSPS) is 12.0. The van der Waals surface area contributed by atoms with Crippen LogP contribution in [-0.4, -0.2) is 21.7 Å². The lowest BCUT2D eigenvalue weighted by molar-refractivity contribution is -0.121. The Bertz CT molecular complexity index is 741. The summed E-state index contributed by atoms with van der Waals surface area (Å²) in [5.41, 5.74) is 1.42. The Morgan fingerprint density at radius 2 is 1.96 bits per heavy atom. The molecule has 0 fully saturated rings. The average Bonchev–Trinajstić information content (AvgIpc) is 2.57. The van der Waals surface area contributed by atoms with Crippen molar-refractivity contribution in [2.75, 3.05) is 0 Å². The first-order valence-corrected chi connectivity index (χ1v) is 8.51. The second-order valence-electron chi connectivity index (χ2n) is 5.77. The molecule has 128 valence electrons. The first kappa shape index (κ1) is 18.2. The maximum Gasteiger partial charge on any atom is 0.266 e. The van der Waals surface area contributed by atoms with Crippen molar-refractivity contribution in [1.29, 1.82) is 0 Å². The molecule has 0 aliphatic carbocycles. The van der Waals surface area contributed by atoms with Gasteiger partial charge in [0, 0.05) is 35.7 Å². The van der Waals surface area contributed by atoms with Gasteiger partial charge in [0.1, 0.15) is 0 Å². The summed E-state index contributed by atoms with van der Waals surface area (Å²) in [6.07, 6.45) is 1.85. The number of halogens is 1. The van der Waals surface area contributed by atoms with Gasteiger partial charge in [0.25, 0.3) is 5.56 Å². The molecule has 0 aliphatic rings. The van der Waals surface area contributed by atoms with Gasteiger partial charge in [-0.2, -0.15) is 5.10 Å². The van der Waals surface area contributed by atoms with Gasteiger partial charge in [0.05, 0.1) is 5.69 Å². The number of hydrogen-bond donors (Lipinski definition) is 1. The summed E-state index contributed by atoms with van der Waals surface area (Å²) in [7, 11) is 0. The van der Waals surface area contributed by atoms with Gasteiger partial charge in [-0.1, -0.05) is 30.7 Å². The highest BCUT2D eigenvalue weighted by atomic mass is 35.5. The molecule has 0 bridgehead atoms. The van der Waals surface area contributed by atoms with Gasteiger partial charge in [0.15, 0.2) is 0 Å². The van der Waals surface area contributed by atoms with Crippen LogP contribution in [0.1, 0.15) is 33.1 Å². The molecule has 1 heterocycles. The molecule has 0 spiro atoms. The summed E-state index contributed by atoms with van der Waals surface area (Å²) in [5.74, 6) is 0.00579. The molecule has 0 saturated heterocycles. The highest BCUT2D eigenvalue weighted by molar-refractivity contribution is 6.30. The highest BCUT2D eigenvalue weighted by Crippen LogP contribution is 2.18. The summed E-state index contributed by atoms with van der Waals surface area (Å²) in [5, 5.41) is 7.94. The Hall–Kier alpha value is -2.14. The third kappa shape index (κ3) is 5.20. The molecule has 6 heteroatoms. The molecule has 2 rings (SSSR count). The van der Waals surface area contributed by atoms with Gasteiger partial charge in [0.2, 0.25) is 5.91 Å². The quantitative estimate of drug-likeness (QED) is 0.836. The molecule has 1 aromatic heterocycles. The Kier molecular flexibility index (Phi) is 6.55. The van der Waals surface area contributed by atoms with Gasteiger partial charge >= 0.3 is 0 Å². The fraction of sp³-hybridized carbons (Fsp3) is 0.389. The average molecular weight is 348 g/mol. The predicted molar refractivity (Wildman–Crippen MR) is 96.1 cm³/mol. The smallest absolute Gasteiger partial charge is 0.266 e. The molecule has 1 amide bonds. The molecule has 1 unspecified atom stereocenters. The van der Waals surface area contributed by atoms with Crippen molar-refractivity contribution in [2.45, 2.75) is 45.7 Å². The minimum absolute atomic E-state index is 0.00579. The van der Waals surface area contributed by atoms with E-state index >= 15 is 0 Å². The molecule has 0 aliphatic heterocycles. The van der Waals surface area contributed by atoms with E-state index in [0.717, 1.165) is 12.0 Å². The Balaban J connectivity index is 2.00. The zero-order chi connectivity index (χ0) is 17.5. The number of aryl methyl sites for hydroxylation is 1. The Morgan fingerprint density at radius 3 is 2.62 bits per heavy atom. The molecule has 5 nitrogen and oxygen atoms in total. The van der Waals surface area contributed by atoms with Gasteiger partial charge in [-0.25, -0.2) is 4.68 Å². The number of carbonyl (C=O) groups is 1. The van der Waals surface area contributed by atoms with Crippen LogP contribution in [-0.2, 0) is 11.3 Å². The van der Waals surface area contributed by atoms with Gasteiger partial charge in [-0.15, -0.1) is 0 Å². The van der Waals surface area contributed by atoms with Crippen LogP contribution in [0.25, 0.3) is 11.3 Å². The van der Waals surface area contributed by atoms with Crippen molar-refractivity contribution < 1.29 is 4.79 Å². The minimum atomic E-state index is -0.171. The van der Waals surface area contributed by atoms with Crippen molar-refractivity contribution in [3.05, 3.63) is 51.8 Å². The van der Waals surface area contributed by atoms with Crippen molar-refractivity contribution in [3.63, 3.8) is 0 Å². The van der Waals surface area contributed by atoms with E-state index in [9.17, 15) is 9.59 Å². The maximum atomic E-state index is 11.9. The van der Waals surface area contributed by atoms with Crippen LogP contribution in [0, 0.1) is 0 Å². The zero-order valence-corrected chi connectivity index (χ0v) is 14.7. The number of nitrogens with zero attached hydrogens (tertiary/aromatic N) is 2. The lowest BCUT2D eigenvalue weighted by Gasteiger charge is -2.11. The molecule has 1 N–H and O–H groups in total. The fourth-order valence-corrected chi connectivity index (χ4v) is 2.35. The third-order valence-electron chi connectivity index (χ3n) is 3.80. The molecule has 0 saturated carbocycles. The van der Waals surface area contributed by atoms with Crippen LogP contribution in [0.15, 0.2) is 41.2 Å². The standard InChI is InChI=1S/C18H22ClN3O2/c1-3-13(2)20-17(23)5-4-12-22-18(24)11-10-16(21-22)14-6-8-15(19)9-7-14/h6-11,13H,3-5,12H2,1-2H3,(H,20,23). The number of benzene rings is 1. The van der Waals surface area contributed by atoms with Crippen LogP contribution in [0.2, 0.25) is 5.02 Å². The van der Waals surface area contributed by atoms with E-state index in [1.807, 2.05) is 26.0 Å². The Morgan fingerprint density at radius 1 is 1.25 bits per heavy atom. The van der Waals surface area contributed by atoms with Crippen molar-refractivity contribution in [2.24, 2.45) is 0 Å². The van der Waals surface area contributed by atoms with Gasteiger partial charge in [-0.05, 0) is 38.0 Å². The van der Waals surface area contributed by atoms with Gasteiger partial charge < -0.3 is 5.32 Å². The number of hydrogen-bond acceptors (Lipinski definition) is 3. The highest BCUT2D eigenvalue weighted by Gasteiger charge is 2.07. The number of nitrogens with one attached hydrogen (secondary N) is 1. The number of carbonyl (C=O) groups excluding carboxylic acids is 1. The lowest BCUT2D eigenvalue weighted by Crippen LogP contribution is -2.32. The molecule has 0 radical (unpaired) electrons. The zero-order valence-electron chi connectivity index (χ0n) is 14.0. The monoisotopic (exact) mass is 347 g/mol. The number of amides is 1. The van der Waals surface area contributed by atoms with E-state index in [1.165, 1.54) is 10.7 Å². The number of aromatic nitrogens is 2. The second-order valence-corrected chi connectivity index (χ2v) is 6.20. The van der Waals surface area contributed by atoms with Crippen LogP contribution in [0.4, 0.5) is 0 Å². The molecule has 1 atom stereocenters. The first-order chi connectivity index (χ1) is 11.5. The maximum absolute atomic E-state index is 11.9. The van der Waals surface area contributed by atoms with E-state index in [4.69, 9.17) is 11.6 Å². The molecule has 24 heavy (non-hydrogen) atoms. The van der Waals surface area contributed by atoms with E-state index in [-0.39, 0.29) is 17.5 Å². The number of rotatable bonds is 7. The van der Waals surface area contributed by atoms with Crippen molar-refractivity contribution in [3.8, 4) is 11.3 Å². The van der Waals surface area contributed by atoms with E-state index in [0.29, 0.717) is 30.1 Å². The summed E-state index contributed by atoms with van der Waals surface area (Å²) in [6, 6.07) is 10.7. The lowest BCUT2D eigenvalue weighted by atomic mass is 10.1. The van der Waals surface area contributed by atoms with Gasteiger partial charge in [-0.3, -0.25) is 9.59 Å². The summed E-state index contributed by atoms with van der Waals surface area (Å²) in [4.78, 5) is 23.7. The largest absolute Gasteiger partial charge is 0.354 e. The summed E-state index contributed by atoms with van der Waals surface area (Å²) < 4.78 is 1.40. The third-order valence-corrected chi connectivity index (χ3v) is 4.05. The van der Waals surface area contributed by atoms with Crippen molar-refractivity contribution >= 4 is 17.5 Å². The fourth-order valence-electron chi connectivity index (χ4n) is 2.22.